The van der Waals surface area contributed by atoms with Gasteiger partial charge in [-0.2, -0.15) is 0 Å². The number of furan rings is 1. The minimum atomic E-state index is -0.285. The highest BCUT2D eigenvalue weighted by Crippen LogP contribution is 2.21. The third kappa shape index (κ3) is 3.23. The smallest absolute Gasteiger partial charge is 0.258 e. The van der Waals surface area contributed by atoms with Gasteiger partial charge in [-0.25, -0.2) is 0 Å². The minimum absolute atomic E-state index is 0.170. The molecule has 3 aromatic heterocycles. The van der Waals surface area contributed by atoms with Gasteiger partial charge in [-0.05, 0) is 24.3 Å². The highest BCUT2D eigenvalue weighted by atomic mass is 32.1. The molecule has 0 bridgehead atoms. The maximum atomic E-state index is 12.2. The number of amides is 1. The second-order valence-electron chi connectivity index (χ2n) is 4.98. The van der Waals surface area contributed by atoms with Gasteiger partial charge in [0.15, 0.2) is 5.76 Å². The van der Waals surface area contributed by atoms with Crippen LogP contribution in [0.15, 0.2) is 41.1 Å². The van der Waals surface area contributed by atoms with Gasteiger partial charge < -0.3 is 14.5 Å². The molecule has 0 fully saturated rings. The Balaban J connectivity index is 1.65. The number of nitrogens with one attached hydrogen (secondary N) is 1. The summed E-state index contributed by atoms with van der Waals surface area (Å²) in [7, 11) is 3.18. The monoisotopic (exact) mass is 345 g/mol. The first-order valence-electron chi connectivity index (χ1n) is 7.11. The summed E-state index contributed by atoms with van der Waals surface area (Å²) in [5, 5.41) is 6.84. The molecule has 1 amide bonds. The number of rotatable bonds is 6. The van der Waals surface area contributed by atoms with E-state index >= 15 is 0 Å². The lowest BCUT2D eigenvalue weighted by atomic mass is 10.2. The first-order valence-corrected chi connectivity index (χ1v) is 7.93. The molecule has 24 heavy (non-hydrogen) atoms. The molecular formula is C16H15N3O4S. The van der Waals surface area contributed by atoms with Gasteiger partial charge in [-0.3, -0.25) is 14.3 Å². The zero-order chi connectivity index (χ0) is 17.1. The third-order valence-corrected chi connectivity index (χ3v) is 4.37. The van der Waals surface area contributed by atoms with Gasteiger partial charge in [0.1, 0.15) is 5.56 Å². The quantitative estimate of drug-likeness (QED) is 0.693. The van der Waals surface area contributed by atoms with E-state index in [1.54, 1.807) is 31.4 Å². The fourth-order valence-corrected chi connectivity index (χ4v) is 3.05. The van der Waals surface area contributed by atoms with Crippen LogP contribution in [0.5, 0.6) is 5.88 Å². The predicted octanol–water partition coefficient (Wildman–Crippen LogP) is 2.24. The lowest BCUT2D eigenvalue weighted by Gasteiger charge is -2.02. The summed E-state index contributed by atoms with van der Waals surface area (Å²) in [6.45, 7) is 0.312. The van der Waals surface area contributed by atoms with Crippen LogP contribution in [0.25, 0.3) is 0 Å². The van der Waals surface area contributed by atoms with Gasteiger partial charge in [-0.1, -0.05) is 0 Å². The molecule has 0 radical (unpaired) electrons. The van der Waals surface area contributed by atoms with Crippen molar-refractivity contribution < 1.29 is 18.7 Å². The largest absolute Gasteiger partial charge is 0.479 e. The average Bonchev–Trinajstić information content (AvgIpc) is 3.31. The average molecular weight is 345 g/mol. The number of carbonyl (C=O) groups is 2. The maximum Gasteiger partial charge on any atom is 0.258 e. The summed E-state index contributed by atoms with van der Waals surface area (Å²) in [5.74, 6) is 0.117. The van der Waals surface area contributed by atoms with Gasteiger partial charge in [0.05, 0.1) is 24.8 Å². The molecule has 7 nitrogen and oxygen atoms in total. The molecule has 0 saturated carbocycles. The Labute approximate surface area is 141 Å². The molecule has 3 rings (SSSR count). The van der Waals surface area contributed by atoms with Crippen molar-refractivity contribution >= 4 is 23.0 Å². The Hall–Kier alpha value is -2.87. The summed E-state index contributed by atoms with van der Waals surface area (Å²) in [6.07, 6.45) is 3.05. The molecule has 1 N–H and O–H groups in total. The minimum Gasteiger partial charge on any atom is -0.479 e. The fraction of sp³-hybridized carbons (Fsp3) is 0.188. The number of ketones is 1. The lowest BCUT2D eigenvalue weighted by Crippen LogP contribution is -2.22. The molecule has 0 unspecified atom stereocenters. The van der Waals surface area contributed by atoms with E-state index in [1.165, 1.54) is 29.4 Å². The van der Waals surface area contributed by atoms with Crippen LogP contribution in [0.1, 0.15) is 30.7 Å². The summed E-state index contributed by atoms with van der Waals surface area (Å²) in [6, 6.07) is 6.82. The Morgan fingerprint density at radius 1 is 1.38 bits per heavy atom. The predicted molar refractivity (Wildman–Crippen MR) is 87.4 cm³/mol. The fourth-order valence-electron chi connectivity index (χ4n) is 2.16. The van der Waals surface area contributed by atoms with E-state index < -0.39 is 0 Å². The van der Waals surface area contributed by atoms with Gasteiger partial charge in [-0.15, -0.1) is 16.4 Å². The Kier molecular flexibility index (Phi) is 4.48. The zero-order valence-electron chi connectivity index (χ0n) is 13.1. The van der Waals surface area contributed by atoms with Crippen molar-refractivity contribution in [1.29, 1.82) is 0 Å². The van der Waals surface area contributed by atoms with Crippen LogP contribution >= 0.6 is 11.3 Å². The molecule has 0 aliphatic rings. The molecule has 3 aromatic rings. The van der Waals surface area contributed by atoms with E-state index in [2.05, 4.69) is 10.4 Å². The Morgan fingerprint density at radius 2 is 2.21 bits per heavy atom. The second-order valence-corrected chi connectivity index (χ2v) is 6.15. The van der Waals surface area contributed by atoms with Gasteiger partial charge >= 0.3 is 0 Å². The van der Waals surface area contributed by atoms with Crippen LogP contribution in [-0.4, -0.2) is 28.6 Å². The summed E-state index contributed by atoms with van der Waals surface area (Å²) < 4.78 is 11.7. The highest BCUT2D eigenvalue weighted by Gasteiger charge is 2.17. The molecule has 0 spiro atoms. The zero-order valence-corrected chi connectivity index (χ0v) is 13.9. The van der Waals surface area contributed by atoms with Gasteiger partial charge in [0.25, 0.3) is 5.91 Å². The van der Waals surface area contributed by atoms with E-state index in [4.69, 9.17) is 9.15 Å². The number of hydrogen-bond acceptors (Lipinski definition) is 6. The molecule has 0 saturated heterocycles. The van der Waals surface area contributed by atoms with Crippen LogP contribution in [0.4, 0.5) is 0 Å². The molecular weight excluding hydrogens is 330 g/mol. The molecule has 124 valence electrons. The van der Waals surface area contributed by atoms with E-state index in [-0.39, 0.29) is 17.6 Å². The number of ether oxygens (including phenoxy) is 1. The van der Waals surface area contributed by atoms with Gasteiger partial charge in [0.2, 0.25) is 11.7 Å². The van der Waals surface area contributed by atoms with Crippen molar-refractivity contribution in [2.24, 2.45) is 7.05 Å². The van der Waals surface area contributed by atoms with Crippen LogP contribution in [0, 0.1) is 0 Å². The highest BCUT2D eigenvalue weighted by molar-refractivity contribution is 7.14. The topological polar surface area (TPSA) is 86.4 Å². The number of carbonyl (C=O) groups excluding carboxylic acids is 2. The van der Waals surface area contributed by atoms with Crippen molar-refractivity contribution in [3.63, 3.8) is 0 Å². The number of aromatic nitrogens is 2. The molecule has 0 atom stereocenters. The van der Waals surface area contributed by atoms with Crippen LogP contribution in [0.2, 0.25) is 0 Å². The molecule has 0 aliphatic carbocycles. The standard InChI is InChI=1S/C16H15N3O4S/c1-19-9-11(16(18-19)22-2)15(21)17-8-10-5-6-13(24-10)14(20)12-4-3-7-23-12/h3-7,9H,8H2,1-2H3,(H,17,21). The van der Waals surface area contributed by atoms with Crippen molar-refractivity contribution in [2.75, 3.05) is 7.11 Å². The molecule has 8 heteroatoms. The number of methoxy groups -OCH3 is 1. The Bertz CT molecular complexity index is 864. The first kappa shape index (κ1) is 16.0. The van der Waals surface area contributed by atoms with Crippen molar-refractivity contribution in [2.45, 2.75) is 6.54 Å². The number of hydrogen-bond donors (Lipinski definition) is 1. The van der Waals surface area contributed by atoms with Crippen LogP contribution < -0.4 is 10.1 Å². The van der Waals surface area contributed by atoms with E-state index in [1.807, 2.05) is 6.07 Å². The summed E-state index contributed by atoms with van der Waals surface area (Å²) in [5.41, 5.74) is 0.364. The van der Waals surface area contributed by atoms with E-state index in [0.717, 1.165) is 4.88 Å². The second kappa shape index (κ2) is 6.71. The normalized spacial score (nSPS) is 10.6. The lowest BCUT2D eigenvalue weighted by molar-refractivity contribution is 0.0947. The number of nitrogens with zero attached hydrogens (tertiary/aromatic N) is 2. The molecule has 0 aromatic carbocycles. The number of thiophene rings is 1. The SMILES string of the molecule is COc1nn(C)cc1C(=O)NCc1ccc(C(=O)c2ccco2)s1. The summed E-state index contributed by atoms with van der Waals surface area (Å²) in [4.78, 5) is 25.8. The number of aryl methyl sites for hydroxylation is 1. The van der Waals surface area contributed by atoms with Crippen LogP contribution in [0.3, 0.4) is 0 Å². The van der Waals surface area contributed by atoms with E-state index in [9.17, 15) is 9.59 Å². The first-order chi connectivity index (χ1) is 11.6. The van der Waals surface area contributed by atoms with E-state index in [0.29, 0.717) is 22.7 Å². The van der Waals surface area contributed by atoms with Crippen molar-refractivity contribution in [3.05, 3.63) is 57.8 Å². The molecule has 0 aliphatic heterocycles. The van der Waals surface area contributed by atoms with Crippen molar-refractivity contribution in [1.82, 2.24) is 15.1 Å². The Morgan fingerprint density at radius 3 is 2.92 bits per heavy atom. The van der Waals surface area contributed by atoms with Crippen molar-refractivity contribution in [3.8, 4) is 5.88 Å². The van der Waals surface area contributed by atoms with Gasteiger partial charge in [0, 0.05) is 18.1 Å². The maximum absolute atomic E-state index is 12.2. The van der Waals surface area contributed by atoms with Crippen LogP contribution in [-0.2, 0) is 13.6 Å². The summed E-state index contributed by atoms with van der Waals surface area (Å²) >= 11 is 1.32. The molecule has 3 heterocycles. The third-order valence-electron chi connectivity index (χ3n) is 3.29.